The molecule has 4 aromatic rings. The van der Waals surface area contributed by atoms with Gasteiger partial charge in [0.15, 0.2) is 12.7 Å². The molecule has 0 saturated heterocycles. The summed E-state index contributed by atoms with van der Waals surface area (Å²) < 4.78 is 15.7. The van der Waals surface area contributed by atoms with Crippen molar-refractivity contribution in [2.24, 2.45) is 0 Å². The molecule has 146 valence electrons. The highest BCUT2D eigenvalue weighted by molar-refractivity contribution is 6.10. The van der Waals surface area contributed by atoms with E-state index < -0.39 is 18.7 Å². The van der Waals surface area contributed by atoms with Gasteiger partial charge >= 0.3 is 5.97 Å². The topological polar surface area (TPSA) is 94.4 Å². The number of para-hydroxylation sites is 1. The van der Waals surface area contributed by atoms with Crippen LogP contribution in [0.5, 0.6) is 5.88 Å². The van der Waals surface area contributed by atoms with E-state index in [0.717, 1.165) is 10.9 Å². The number of carbonyl (C=O) groups is 2. The van der Waals surface area contributed by atoms with E-state index in [1.807, 2.05) is 30.3 Å². The average Bonchev–Trinajstić information content (AvgIpc) is 3.36. The van der Waals surface area contributed by atoms with Crippen LogP contribution in [0.2, 0.25) is 0 Å². The minimum absolute atomic E-state index is 0.179. The summed E-state index contributed by atoms with van der Waals surface area (Å²) >= 11 is 0. The molecule has 0 saturated carbocycles. The van der Waals surface area contributed by atoms with Crippen LogP contribution in [0, 0.1) is 6.92 Å². The Bertz CT molecular complexity index is 1150. The normalized spacial score (nSPS) is 11.9. The standard InChI is InChI=1S/C22H18N2O5/c1-14-11-19(24-29-14)27-13-20(25)28-22(15-7-3-2-4-8-15)21(26)17-12-23-18-10-6-5-9-16(17)18/h2-12,22-23H,13H2,1H3/t22-/m1/s1. The van der Waals surface area contributed by atoms with Crippen LogP contribution in [-0.4, -0.2) is 28.5 Å². The Morgan fingerprint density at radius 1 is 1.10 bits per heavy atom. The Hall–Kier alpha value is -3.87. The van der Waals surface area contributed by atoms with Crippen LogP contribution in [0.3, 0.4) is 0 Å². The number of carbonyl (C=O) groups excluding carboxylic acids is 2. The summed E-state index contributed by atoms with van der Waals surface area (Å²) in [6, 6.07) is 17.9. The minimum Gasteiger partial charge on any atom is -0.463 e. The number of hydrogen-bond donors (Lipinski definition) is 1. The first kappa shape index (κ1) is 18.5. The fourth-order valence-electron chi connectivity index (χ4n) is 3.03. The van der Waals surface area contributed by atoms with E-state index in [9.17, 15) is 9.59 Å². The van der Waals surface area contributed by atoms with E-state index >= 15 is 0 Å². The monoisotopic (exact) mass is 390 g/mol. The van der Waals surface area contributed by atoms with Crippen molar-refractivity contribution in [1.29, 1.82) is 0 Å². The number of esters is 1. The number of nitrogens with one attached hydrogen (secondary N) is 1. The second kappa shape index (κ2) is 8.02. The zero-order chi connectivity index (χ0) is 20.2. The Kier molecular flexibility index (Phi) is 5.11. The predicted molar refractivity (Wildman–Crippen MR) is 105 cm³/mol. The van der Waals surface area contributed by atoms with Crippen molar-refractivity contribution < 1.29 is 23.6 Å². The summed E-state index contributed by atoms with van der Waals surface area (Å²) in [4.78, 5) is 28.7. The lowest BCUT2D eigenvalue weighted by atomic mass is 9.99. The average molecular weight is 390 g/mol. The largest absolute Gasteiger partial charge is 0.463 e. The van der Waals surface area contributed by atoms with Gasteiger partial charge in [-0.2, -0.15) is 0 Å². The van der Waals surface area contributed by atoms with Crippen molar-refractivity contribution in [2.45, 2.75) is 13.0 Å². The molecule has 4 rings (SSSR count). The molecule has 7 nitrogen and oxygen atoms in total. The summed E-state index contributed by atoms with van der Waals surface area (Å²) in [5.74, 6) is -0.268. The number of fused-ring (bicyclic) bond motifs is 1. The summed E-state index contributed by atoms with van der Waals surface area (Å²) in [6.07, 6.45) is 0.538. The first-order valence-electron chi connectivity index (χ1n) is 9.02. The zero-order valence-electron chi connectivity index (χ0n) is 15.6. The maximum absolute atomic E-state index is 13.3. The molecular formula is C22H18N2O5. The molecule has 0 aliphatic rings. The maximum atomic E-state index is 13.3. The fourth-order valence-corrected chi connectivity index (χ4v) is 3.03. The van der Waals surface area contributed by atoms with Crippen LogP contribution in [0.4, 0.5) is 0 Å². The SMILES string of the molecule is Cc1cc(OCC(=O)O[C@@H](C(=O)c2c[nH]c3ccccc23)c2ccccc2)no1. The quantitative estimate of drug-likeness (QED) is 0.378. The van der Waals surface area contributed by atoms with Crippen molar-refractivity contribution in [3.63, 3.8) is 0 Å². The smallest absolute Gasteiger partial charge is 0.345 e. The van der Waals surface area contributed by atoms with Gasteiger partial charge in [-0.3, -0.25) is 4.79 Å². The van der Waals surface area contributed by atoms with E-state index in [1.54, 1.807) is 43.5 Å². The number of H-pyrrole nitrogens is 1. The molecule has 0 aliphatic carbocycles. The number of aryl methyl sites for hydroxylation is 1. The predicted octanol–water partition coefficient (Wildman–Crippen LogP) is 4.01. The Balaban J connectivity index is 1.56. The second-order valence-electron chi connectivity index (χ2n) is 6.46. The maximum Gasteiger partial charge on any atom is 0.345 e. The van der Waals surface area contributed by atoms with Crippen LogP contribution in [0.25, 0.3) is 10.9 Å². The number of aromatic nitrogens is 2. The molecule has 7 heteroatoms. The highest BCUT2D eigenvalue weighted by Gasteiger charge is 2.28. The van der Waals surface area contributed by atoms with E-state index in [1.165, 1.54) is 0 Å². The number of rotatable bonds is 7. The molecule has 0 radical (unpaired) electrons. The van der Waals surface area contributed by atoms with Gasteiger partial charge in [0.05, 0.1) is 0 Å². The van der Waals surface area contributed by atoms with Crippen LogP contribution >= 0.6 is 0 Å². The molecule has 1 N–H and O–H groups in total. The molecular weight excluding hydrogens is 372 g/mol. The molecule has 2 aromatic heterocycles. The minimum atomic E-state index is -1.09. The molecule has 0 fully saturated rings. The molecule has 0 aliphatic heterocycles. The molecule has 29 heavy (non-hydrogen) atoms. The van der Waals surface area contributed by atoms with Gasteiger partial charge in [0, 0.05) is 34.3 Å². The van der Waals surface area contributed by atoms with Gasteiger partial charge in [-0.05, 0) is 18.1 Å². The fraction of sp³-hybridized carbons (Fsp3) is 0.136. The summed E-state index contributed by atoms with van der Waals surface area (Å²) in [5.41, 5.74) is 1.86. The first-order chi connectivity index (χ1) is 14.1. The van der Waals surface area contributed by atoms with Gasteiger partial charge < -0.3 is 19.0 Å². The number of aromatic amines is 1. The zero-order valence-corrected chi connectivity index (χ0v) is 15.6. The van der Waals surface area contributed by atoms with Gasteiger partial charge in [0.2, 0.25) is 5.78 Å². The summed E-state index contributed by atoms with van der Waals surface area (Å²) in [5, 5.41) is 4.43. The van der Waals surface area contributed by atoms with Crippen molar-refractivity contribution in [3.8, 4) is 5.88 Å². The van der Waals surface area contributed by atoms with Gasteiger partial charge in [-0.1, -0.05) is 48.5 Å². The van der Waals surface area contributed by atoms with Crippen LogP contribution in [-0.2, 0) is 9.53 Å². The molecule has 2 heterocycles. The first-order valence-corrected chi connectivity index (χ1v) is 9.02. The van der Waals surface area contributed by atoms with Crippen molar-refractivity contribution in [3.05, 3.63) is 83.7 Å². The second-order valence-corrected chi connectivity index (χ2v) is 6.46. The van der Waals surface area contributed by atoms with Gasteiger partial charge in [0.1, 0.15) is 5.76 Å². The van der Waals surface area contributed by atoms with Gasteiger partial charge in [0.25, 0.3) is 5.88 Å². The lowest BCUT2D eigenvalue weighted by Crippen LogP contribution is -2.23. The highest BCUT2D eigenvalue weighted by atomic mass is 16.6. The lowest BCUT2D eigenvalue weighted by Gasteiger charge is -2.17. The number of ether oxygens (including phenoxy) is 2. The lowest BCUT2D eigenvalue weighted by molar-refractivity contribution is -0.149. The molecule has 0 spiro atoms. The number of nitrogens with zero attached hydrogens (tertiary/aromatic N) is 1. The summed E-state index contributed by atoms with van der Waals surface area (Å²) in [7, 11) is 0. The van der Waals surface area contributed by atoms with Crippen molar-refractivity contribution in [2.75, 3.05) is 6.61 Å². The Morgan fingerprint density at radius 2 is 1.86 bits per heavy atom. The van der Waals surface area contributed by atoms with Gasteiger partial charge in [-0.25, -0.2) is 4.79 Å². The van der Waals surface area contributed by atoms with Crippen molar-refractivity contribution in [1.82, 2.24) is 10.1 Å². The molecule has 0 amide bonds. The number of benzene rings is 2. The van der Waals surface area contributed by atoms with Crippen LogP contribution in [0.1, 0.15) is 27.8 Å². The third-order valence-electron chi connectivity index (χ3n) is 4.39. The number of ketones is 1. The highest BCUT2D eigenvalue weighted by Crippen LogP contribution is 2.27. The van der Waals surface area contributed by atoms with Crippen molar-refractivity contribution >= 4 is 22.7 Å². The molecule has 2 aromatic carbocycles. The van der Waals surface area contributed by atoms with Crippen LogP contribution in [0.15, 0.2) is 71.4 Å². The van der Waals surface area contributed by atoms with E-state index in [4.69, 9.17) is 14.0 Å². The van der Waals surface area contributed by atoms with Crippen LogP contribution < -0.4 is 4.74 Å². The molecule has 0 bridgehead atoms. The third kappa shape index (κ3) is 4.03. The Morgan fingerprint density at radius 3 is 2.62 bits per heavy atom. The van der Waals surface area contributed by atoms with E-state index in [0.29, 0.717) is 16.9 Å². The molecule has 1 atom stereocenters. The molecule has 0 unspecified atom stereocenters. The Labute approximate surface area is 166 Å². The van der Waals surface area contributed by atoms with E-state index in [-0.39, 0.29) is 11.7 Å². The van der Waals surface area contributed by atoms with E-state index in [2.05, 4.69) is 10.1 Å². The summed E-state index contributed by atoms with van der Waals surface area (Å²) in [6.45, 7) is 1.32. The number of Topliss-reactive ketones (excluding diaryl/α,β-unsaturated/α-hetero) is 1. The van der Waals surface area contributed by atoms with Gasteiger partial charge in [-0.15, -0.1) is 0 Å². The third-order valence-corrected chi connectivity index (χ3v) is 4.39. The number of hydrogen-bond acceptors (Lipinski definition) is 6.